The Morgan fingerprint density at radius 2 is 1.98 bits per heavy atom. The number of halogens is 3. The van der Waals surface area contributed by atoms with Gasteiger partial charge in [0.2, 0.25) is 0 Å². The van der Waals surface area contributed by atoms with E-state index in [1.165, 1.54) is 18.6 Å². The third-order valence-electron chi connectivity index (χ3n) is 8.18. The highest BCUT2D eigenvalue weighted by Gasteiger charge is 2.54. The molecule has 9 nitrogen and oxygen atoms in total. The maximum Gasteiger partial charge on any atom is 0.258 e. The Balaban J connectivity index is 1.13. The molecule has 1 amide bonds. The summed E-state index contributed by atoms with van der Waals surface area (Å²) in [5, 5.41) is 3.39. The number of pyridine rings is 1. The van der Waals surface area contributed by atoms with Gasteiger partial charge in [0, 0.05) is 61.5 Å². The third-order valence-corrected chi connectivity index (χ3v) is 8.18. The van der Waals surface area contributed by atoms with Gasteiger partial charge in [0.05, 0.1) is 18.3 Å². The van der Waals surface area contributed by atoms with Gasteiger partial charge in [-0.25, -0.2) is 23.1 Å². The fourth-order valence-corrected chi connectivity index (χ4v) is 6.12. The molecule has 3 aliphatic rings. The van der Waals surface area contributed by atoms with Gasteiger partial charge in [0.1, 0.15) is 29.7 Å². The molecule has 1 saturated carbocycles. The lowest BCUT2D eigenvalue weighted by Crippen LogP contribution is -2.65. The molecule has 3 aromatic rings. The number of ether oxygens (including phenoxy) is 2. The fourth-order valence-electron chi connectivity index (χ4n) is 6.12. The minimum absolute atomic E-state index is 0.0416. The van der Waals surface area contributed by atoms with E-state index in [0.717, 1.165) is 79.5 Å². The van der Waals surface area contributed by atoms with E-state index in [9.17, 15) is 18.0 Å². The number of anilines is 1. The molecular formula is C30H33F3N6O3. The standard InChI is InChI=1S/C30H33F3N6O3/c1-18(2)39(14-27(32)33)29(40)21-9-19(31)3-4-24(21)42-26-13-35-17-37-28(26)38-15-30(16-38)10-20(11-30)41-25-6-8-36-23-5-7-34-12-22(23)25/h3-4,6,8-9,13,17-18,20,27,34H,5,7,10-12,14-16H2,1-2H3. The van der Waals surface area contributed by atoms with Crippen molar-refractivity contribution in [3.8, 4) is 17.2 Å². The molecule has 1 N–H and O–H groups in total. The molecule has 1 saturated heterocycles. The first-order valence-corrected chi connectivity index (χ1v) is 14.2. The molecule has 42 heavy (non-hydrogen) atoms. The quantitative estimate of drug-likeness (QED) is 0.391. The summed E-state index contributed by atoms with van der Waals surface area (Å²) in [6, 6.07) is 4.90. The molecule has 12 heteroatoms. The second kappa shape index (κ2) is 11.4. The molecule has 1 aromatic carbocycles. The first-order valence-electron chi connectivity index (χ1n) is 14.2. The second-order valence-electron chi connectivity index (χ2n) is 11.6. The van der Waals surface area contributed by atoms with Crippen LogP contribution in [0.4, 0.5) is 19.0 Å². The first-order chi connectivity index (χ1) is 20.2. The summed E-state index contributed by atoms with van der Waals surface area (Å²) in [4.78, 5) is 29.3. The van der Waals surface area contributed by atoms with Gasteiger partial charge in [0.25, 0.3) is 12.3 Å². The SMILES string of the molecule is CC(C)N(CC(F)F)C(=O)c1cc(F)ccc1Oc1cncnc1N1CC2(CC(Oc3ccnc4c3CNCC4)C2)C1. The van der Waals surface area contributed by atoms with E-state index in [4.69, 9.17) is 9.47 Å². The summed E-state index contributed by atoms with van der Waals surface area (Å²) < 4.78 is 53.0. The summed E-state index contributed by atoms with van der Waals surface area (Å²) in [5.74, 6) is 0.369. The van der Waals surface area contributed by atoms with Gasteiger partial charge < -0.3 is 24.6 Å². The van der Waals surface area contributed by atoms with E-state index >= 15 is 0 Å². The van der Waals surface area contributed by atoms with Gasteiger partial charge in [-0.3, -0.25) is 9.78 Å². The number of benzene rings is 1. The summed E-state index contributed by atoms with van der Waals surface area (Å²) in [6.45, 7) is 5.68. The number of nitrogens with zero attached hydrogens (tertiary/aromatic N) is 5. The van der Waals surface area contributed by atoms with Crippen LogP contribution in [-0.4, -0.2) is 70.5 Å². The monoisotopic (exact) mass is 582 g/mol. The van der Waals surface area contributed by atoms with Crippen molar-refractivity contribution in [3.05, 3.63) is 65.6 Å². The number of rotatable bonds is 9. The summed E-state index contributed by atoms with van der Waals surface area (Å²) in [7, 11) is 0. The van der Waals surface area contributed by atoms with Crippen molar-refractivity contribution in [3.63, 3.8) is 0 Å². The molecule has 222 valence electrons. The summed E-state index contributed by atoms with van der Waals surface area (Å²) in [6.07, 6.45) is 4.85. The van der Waals surface area contributed by atoms with E-state index < -0.39 is 30.7 Å². The maximum absolute atomic E-state index is 14.2. The fraction of sp³-hybridized carbons (Fsp3) is 0.467. The van der Waals surface area contributed by atoms with E-state index in [1.54, 1.807) is 13.8 Å². The average molecular weight is 583 g/mol. The number of amides is 1. The van der Waals surface area contributed by atoms with Crippen LogP contribution in [0.15, 0.2) is 43.0 Å². The third kappa shape index (κ3) is 5.59. The molecule has 2 aliphatic heterocycles. The smallest absolute Gasteiger partial charge is 0.258 e. The van der Waals surface area contributed by atoms with Gasteiger partial charge in [-0.15, -0.1) is 0 Å². The molecule has 2 fully saturated rings. The number of hydrogen-bond acceptors (Lipinski definition) is 8. The number of aromatic nitrogens is 3. The molecule has 0 bridgehead atoms. The van der Waals surface area contributed by atoms with Crippen molar-refractivity contribution in [2.45, 2.75) is 58.2 Å². The van der Waals surface area contributed by atoms with Crippen LogP contribution in [0.1, 0.15) is 48.3 Å². The van der Waals surface area contributed by atoms with Gasteiger partial charge >= 0.3 is 0 Å². The average Bonchev–Trinajstić information content (AvgIpc) is 2.93. The van der Waals surface area contributed by atoms with Gasteiger partial charge in [-0.2, -0.15) is 0 Å². The summed E-state index contributed by atoms with van der Waals surface area (Å²) >= 11 is 0. The Morgan fingerprint density at radius 3 is 2.74 bits per heavy atom. The number of alkyl halides is 2. The van der Waals surface area contributed by atoms with Crippen LogP contribution in [0.25, 0.3) is 0 Å². The predicted molar refractivity (Wildman–Crippen MR) is 149 cm³/mol. The molecule has 2 aromatic heterocycles. The van der Waals surface area contributed by atoms with Crippen LogP contribution in [0, 0.1) is 11.2 Å². The van der Waals surface area contributed by atoms with Crippen LogP contribution in [0.3, 0.4) is 0 Å². The lowest BCUT2D eigenvalue weighted by atomic mass is 9.61. The topological polar surface area (TPSA) is 92.7 Å². The highest BCUT2D eigenvalue weighted by Crippen LogP contribution is 2.52. The Labute approximate surface area is 242 Å². The largest absolute Gasteiger partial charge is 0.490 e. The Morgan fingerprint density at radius 1 is 1.17 bits per heavy atom. The van der Waals surface area contributed by atoms with Crippen molar-refractivity contribution in [1.29, 1.82) is 0 Å². The van der Waals surface area contributed by atoms with E-state index in [1.807, 2.05) is 12.3 Å². The summed E-state index contributed by atoms with van der Waals surface area (Å²) in [5.41, 5.74) is 2.21. The van der Waals surface area contributed by atoms with Crippen LogP contribution >= 0.6 is 0 Å². The number of carbonyl (C=O) groups excluding carboxylic acids is 1. The molecule has 0 unspecified atom stereocenters. The number of fused-ring (bicyclic) bond motifs is 1. The first kappa shape index (κ1) is 28.2. The van der Waals surface area contributed by atoms with E-state index in [2.05, 4.69) is 25.2 Å². The minimum atomic E-state index is -2.73. The predicted octanol–water partition coefficient (Wildman–Crippen LogP) is 4.61. The zero-order valence-corrected chi connectivity index (χ0v) is 23.5. The molecule has 0 radical (unpaired) electrons. The molecule has 1 spiro atoms. The molecule has 1 aliphatic carbocycles. The molecule has 6 rings (SSSR count). The van der Waals surface area contributed by atoms with Crippen LogP contribution in [0.5, 0.6) is 17.2 Å². The highest BCUT2D eigenvalue weighted by atomic mass is 19.3. The number of carbonyl (C=O) groups is 1. The second-order valence-corrected chi connectivity index (χ2v) is 11.6. The molecule has 0 atom stereocenters. The van der Waals surface area contributed by atoms with Crippen LogP contribution in [0.2, 0.25) is 0 Å². The van der Waals surface area contributed by atoms with Crippen molar-refractivity contribution >= 4 is 11.7 Å². The maximum atomic E-state index is 14.2. The number of hydrogen-bond donors (Lipinski definition) is 1. The zero-order chi connectivity index (χ0) is 29.4. The van der Waals surface area contributed by atoms with Crippen molar-refractivity contribution in [1.82, 2.24) is 25.2 Å². The van der Waals surface area contributed by atoms with E-state index in [0.29, 0.717) is 11.6 Å². The van der Waals surface area contributed by atoms with Crippen LogP contribution < -0.4 is 19.7 Å². The van der Waals surface area contributed by atoms with Crippen LogP contribution in [-0.2, 0) is 13.0 Å². The van der Waals surface area contributed by atoms with Crippen molar-refractivity contribution < 1.29 is 27.4 Å². The highest BCUT2D eigenvalue weighted by molar-refractivity contribution is 5.97. The van der Waals surface area contributed by atoms with Crippen molar-refractivity contribution in [2.24, 2.45) is 5.41 Å². The number of nitrogens with one attached hydrogen (secondary N) is 1. The Kier molecular flexibility index (Phi) is 7.65. The Bertz CT molecular complexity index is 1460. The normalized spacial score (nSPS) is 17.5. The minimum Gasteiger partial charge on any atom is -0.490 e. The molecular weight excluding hydrogens is 549 g/mol. The van der Waals surface area contributed by atoms with Crippen molar-refractivity contribution in [2.75, 3.05) is 31.1 Å². The lowest BCUT2D eigenvalue weighted by Gasteiger charge is -2.59. The van der Waals surface area contributed by atoms with E-state index in [-0.39, 0.29) is 22.8 Å². The zero-order valence-electron chi connectivity index (χ0n) is 23.5. The van der Waals surface area contributed by atoms with Gasteiger partial charge in [-0.05, 0) is 51.0 Å². The van der Waals surface area contributed by atoms with Gasteiger partial charge in [-0.1, -0.05) is 0 Å². The lowest BCUT2D eigenvalue weighted by molar-refractivity contribution is -0.0349. The Hall–Kier alpha value is -3.93. The molecule has 4 heterocycles. The van der Waals surface area contributed by atoms with Gasteiger partial charge in [0.15, 0.2) is 11.6 Å².